The van der Waals surface area contributed by atoms with Crippen LogP contribution in [0.4, 0.5) is 79.0 Å². The maximum atomic E-state index is 12.3. The molecule has 4 N–H and O–H groups in total. The van der Waals surface area contributed by atoms with Crippen LogP contribution in [0.15, 0.2) is 30.3 Å². The van der Waals surface area contributed by atoms with Crippen LogP contribution >= 0.6 is 90.4 Å². The highest BCUT2D eigenvalue weighted by Crippen LogP contribution is 2.44. The first kappa shape index (κ1) is 102. The van der Waals surface area contributed by atoms with Crippen molar-refractivity contribution in [1.82, 2.24) is 0 Å². The predicted molar refractivity (Wildman–Crippen MR) is 361 cm³/mol. The molecule has 1 aromatic carbocycles. The molecule has 0 radical (unpaired) electrons. The van der Waals surface area contributed by atoms with Gasteiger partial charge in [0.1, 0.15) is 41.4 Å². The maximum absolute atomic E-state index is 12.3. The second kappa shape index (κ2) is 46.7. The summed E-state index contributed by atoms with van der Waals surface area (Å²) in [4.78, 5) is 81.2. The summed E-state index contributed by atoms with van der Waals surface area (Å²) in [6, 6.07) is 8.55. The molecule has 3 heterocycles. The molecule has 4 aliphatic rings. The highest BCUT2D eigenvalue weighted by atomic mass is 127. The smallest absolute Gasteiger partial charge is 0.399 e. The molecule has 0 bridgehead atoms. The van der Waals surface area contributed by atoms with E-state index in [0.29, 0.717) is 63.3 Å². The van der Waals surface area contributed by atoms with Gasteiger partial charge >= 0.3 is 78.8 Å². The number of alkyl halides is 22. The fraction of sp³-hybridized carbons (Fsp3) is 0.790. The molecule has 612 valence electrons. The average molecular weight is 2010 g/mol. The van der Waals surface area contributed by atoms with E-state index in [0.717, 1.165) is 39.3 Å². The van der Waals surface area contributed by atoms with E-state index in [1.54, 1.807) is 36.9 Å². The number of carbonyl (C=O) groups excluding carboxylic acids is 7. The van der Waals surface area contributed by atoms with Gasteiger partial charge in [-0.15, -0.1) is 0 Å². The number of quaternary nitrogens is 3. The quantitative estimate of drug-likeness (QED) is 0.0359. The van der Waals surface area contributed by atoms with E-state index < -0.39 is 101 Å². The van der Waals surface area contributed by atoms with Gasteiger partial charge in [-0.3, -0.25) is 33.6 Å². The van der Waals surface area contributed by atoms with E-state index in [1.165, 1.54) is 68.8 Å². The molecule has 3 aliphatic heterocycles. The van der Waals surface area contributed by atoms with E-state index in [9.17, 15) is 128 Å². The summed E-state index contributed by atoms with van der Waals surface area (Å²) in [5, 5.41) is 34.8. The Labute approximate surface area is 648 Å². The molecule has 21 nitrogen and oxygen atoms in total. The molecule has 105 heavy (non-hydrogen) atoms. The number of piperidine rings is 2. The van der Waals surface area contributed by atoms with Gasteiger partial charge in [0.15, 0.2) is 22.9 Å². The average Bonchev–Trinajstić information content (AvgIpc) is 0.783. The van der Waals surface area contributed by atoms with Gasteiger partial charge < -0.3 is 68.3 Å². The van der Waals surface area contributed by atoms with Gasteiger partial charge in [0.05, 0.1) is 79.0 Å². The molecule has 43 heteroatoms. The van der Waals surface area contributed by atoms with Crippen LogP contribution in [0.5, 0.6) is 0 Å². The zero-order valence-corrected chi connectivity index (χ0v) is 66.5. The summed E-state index contributed by atoms with van der Waals surface area (Å²) in [5.74, 6) is -9.05. The second-order valence-corrected chi connectivity index (χ2v) is 33.0. The van der Waals surface area contributed by atoms with E-state index in [2.05, 4.69) is 71.8 Å². The molecule has 0 spiro atoms. The minimum absolute atomic E-state index is 0.0236. The normalized spacial score (nSPS) is 19.2. The molecule has 0 amide bonds. The lowest BCUT2D eigenvalue weighted by atomic mass is 9.98. The van der Waals surface area contributed by atoms with Crippen molar-refractivity contribution in [3.63, 3.8) is 0 Å². The fourth-order valence-electron chi connectivity index (χ4n) is 9.17. The van der Waals surface area contributed by atoms with Crippen LogP contribution in [-0.4, -0.2) is 222 Å². The minimum Gasteiger partial charge on any atom is -0.828 e. The van der Waals surface area contributed by atoms with E-state index in [1.807, 2.05) is 66.0 Å². The van der Waals surface area contributed by atoms with Gasteiger partial charge in [-0.1, -0.05) is 134 Å². The summed E-state index contributed by atoms with van der Waals surface area (Å²) in [5.41, 5.74) is -16.7. The van der Waals surface area contributed by atoms with E-state index in [-0.39, 0.29) is 54.6 Å². The highest BCUT2D eigenvalue weighted by molar-refractivity contribution is 14.1. The van der Waals surface area contributed by atoms with Crippen LogP contribution < -0.4 is 30.4 Å². The molecular formula is C62H87F18I4N3O18. The summed E-state index contributed by atoms with van der Waals surface area (Å²) < 4.78 is 255. The lowest BCUT2D eigenvalue weighted by Crippen LogP contribution is -3.15. The summed E-state index contributed by atoms with van der Waals surface area (Å²) in [6.45, 7) is 16.8. The Balaban J connectivity index is 0.00000124. The van der Waals surface area contributed by atoms with Crippen molar-refractivity contribution in [2.45, 2.75) is 193 Å². The number of benzene rings is 1. The number of nitrogens with two attached hydrogens (primary N) is 1. The largest absolute Gasteiger partial charge is 0.828 e. The number of carbonyl (C=O) groups is 7. The van der Waals surface area contributed by atoms with Crippen LogP contribution in [0.3, 0.4) is 0 Å². The SMILES string of the molecule is CC(C)(I)C(=O)OCCC1CCCC[NH2+]1.CC(I)C(=O)OCC(C[NH+]1CCOCC1)OC(=O)C(C)I.CC(I)C(=O)OCC1CC[NH+](C)CC1.CCOC(=O)C([O-])(C(F)(F)F)C(F)(F)F.O=C(OCC1CCCC1)C([O-])(C(F)(F)F)C(F)(F)F.O=C(OCCc1ccccc1)C([O-])(C(F)(F)F)C(F)(F)F. The molecule has 1 saturated carbocycles. The number of rotatable bonds is 23. The van der Waals surface area contributed by atoms with Crippen LogP contribution in [-0.2, 0) is 77.9 Å². The van der Waals surface area contributed by atoms with Crippen LogP contribution in [0.25, 0.3) is 0 Å². The standard InChI is InChI=1S/C13H21I2NO5.C12H9F6O3.C11H20INO2.C10H11F6O3.C10H18INO2.C6H5F6O3/c1-9(14)12(17)20-8-11(21-13(18)10(2)15)7-16-3-5-19-6-4-16;13-11(14,15)10(20,12(16,17)18)9(19)21-7-6-8-4-2-1-3-5-8;1-11(2,12)10(14)15-8-6-9-5-3-4-7-13-9;11-9(12,13)8(18,10(14,15)16)7(17)19-5-6-3-1-2-4-6;1-8(11)10(13)14-7-9-3-5-12(2)6-4-9;1-2-15-3(13)4(14,5(7,8)9)6(10,11)12/h9-11H,3-8H2,1-2H3;1-5H,6-7H2;9,13H,3-8H2,1-2H3;6H,1-5H2;8-9H,3-7H2,1-2H3;2H2,1H3/q;-1;;-1;;-1/p+3. The Morgan fingerprint density at radius 3 is 1.34 bits per heavy atom. The van der Waals surface area contributed by atoms with E-state index >= 15 is 0 Å². The molecule has 5 atom stereocenters. The number of esters is 7. The van der Waals surface area contributed by atoms with Gasteiger partial charge in [-0.25, -0.2) is 0 Å². The molecular weight excluding hydrogens is 1920 g/mol. The second-order valence-electron chi connectivity index (χ2n) is 24.7. The maximum Gasteiger partial charge on any atom is 0.399 e. The van der Waals surface area contributed by atoms with Gasteiger partial charge in [0.2, 0.25) is 0 Å². The van der Waals surface area contributed by atoms with Crippen molar-refractivity contribution in [3.05, 3.63) is 35.9 Å². The van der Waals surface area contributed by atoms with Crippen molar-refractivity contribution in [3.8, 4) is 0 Å². The summed E-state index contributed by atoms with van der Waals surface area (Å²) in [6.07, 6.45) is -28.4. The van der Waals surface area contributed by atoms with Gasteiger partial charge in [0.25, 0.3) is 0 Å². The molecule has 4 fully saturated rings. The predicted octanol–water partition coefficient (Wildman–Crippen LogP) is 6.24. The molecule has 0 aromatic heterocycles. The lowest BCUT2D eigenvalue weighted by molar-refractivity contribution is -0.910. The Kier molecular flexibility index (Phi) is 45.3. The number of hydrogen-bond acceptors (Lipinski definition) is 18. The minimum atomic E-state index is -6.34. The van der Waals surface area contributed by atoms with Crippen molar-refractivity contribution in [2.24, 2.45) is 11.8 Å². The van der Waals surface area contributed by atoms with Crippen molar-refractivity contribution in [2.75, 3.05) is 99.2 Å². The third-order valence-corrected chi connectivity index (χ3v) is 17.4. The number of hydrogen-bond donors (Lipinski definition) is 3. The van der Waals surface area contributed by atoms with Crippen LogP contribution in [0, 0.1) is 11.8 Å². The summed E-state index contributed by atoms with van der Waals surface area (Å²) in [7, 11) is 2.22. The van der Waals surface area contributed by atoms with Crippen LogP contribution in [0.1, 0.15) is 111 Å². The van der Waals surface area contributed by atoms with Gasteiger partial charge in [-0.2, -0.15) is 79.0 Å². The Morgan fingerprint density at radius 1 is 0.533 bits per heavy atom. The summed E-state index contributed by atoms with van der Waals surface area (Å²) >= 11 is 8.22. The molecule has 5 rings (SSSR count). The third-order valence-electron chi connectivity index (χ3n) is 15.5. The lowest BCUT2D eigenvalue weighted by Gasteiger charge is -2.40. The molecule has 1 aliphatic carbocycles. The third kappa shape index (κ3) is 35.9. The van der Waals surface area contributed by atoms with E-state index in [4.69, 9.17) is 23.7 Å². The first-order valence-corrected chi connectivity index (χ1v) is 37.2. The number of morpholine rings is 1. The van der Waals surface area contributed by atoms with Gasteiger partial charge in [-0.05, 0) is 85.1 Å². The monoisotopic (exact) mass is 2010 g/mol. The fourth-order valence-corrected chi connectivity index (χ4v) is 9.83. The van der Waals surface area contributed by atoms with Crippen molar-refractivity contribution in [1.29, 1.82) is 0 Å². The first-order chi connectivity index (χ1) is 48.0. The molecule has 1 aromatic rings. The van der Waals surface area contributed by atoms with Crippen molar-refractivity contribution < 1.29 is 181 Å². The Hall–Kier alpha value is -3.11. The Bertz CT molecular complexity index is 2700. The molecule has 3 saturated heterocycles. The topological polar surface area (TPSA) is 288 Å². The van der Waals surface area contributed by atoms with Crippen LogP contribution in [0.2, 0.25) is 0 Å². The number of nitrogens with one attached hydrogen (secondary N) is 2. The zero-order chi connectivity index (χ0) is 81.4. The van der Waals surface area contributed by atoms with Crippen molar-refractivity contribution >= 4 is 132 Å². The number of likely N-dealkylation sites (tertiary alicyclic amines) is 1. The zero-order valence-electron chi connectivity index (χ0n) is 57.8. The molecule has 5 unspecified atom stereocenters. The Morgan fingerprint density at radius 2 is 0.933 bits per heavy atom. The number of ether oxygens (including phenoxy) is 8. The van der Waals surface area contributed by atoms with Gasteiger partial charge in [0, 0.05) is 31.6 Å². The highest BCUT2D eigenvalue weighted by Gasteiger charge is 2.70. The first-order valence-electron chi connectivity index (χ1n) is 32.4. The number of halogens is 22.